The van der Waals surface area contributed by atoms with Gasteiger partial charge in [0.25, 0.3) is 5.91 Å². The number of carbonyl (C=O) groups is 1. The SMILES string of the molecule is CC(C)N1CCCC(CNC(=O)COc2ccc3cc(Br)ccc3c2)C1. The third-order valence-electron chi connectivity index (χ3n) is 5.01. The van der Waals surface area contributed by atoms with E-state index in [0.29, 0.717) is 12.0 Å². The summed E-state index contributed by atoms with van der Waals surface area (Å²) in [6, 6.07) is 12.6. The van der Waals surface area contributed by atoms with Crippen LogP contribution in [0.15, 0.2) is 40.9 Å². The Kier molecular flexibility index (Phi) is 6.54. The Morgan fingerprint density at radius 1 is 1.27 bits per heavy atom. The highest BCUT2D eigenvalue weighted by molar-refractivity contribution is 9.10. The van der Waals surface area contributed by atoms with Crippen LogP contribution in [0.4, 0.5) is 0 Å². The molecule has 0 bridgehead atoms. The molecule has 2 aromatic carbocycles. The first-order valence-electron chi connectivity index (χ1n) is 9.34. The van der Waals surface area contributed by atoms with Crippen LogP contribution in [0.5, 0.6) is 5.75 Å². The summed E-state index contributed by atoms with van der Waals surface area (Å²) in [6.07, 6.45) is 2.40. The summed E-state index contributed by atoms with van der Waals surface area (Å²) in [5.41, 5.74) is 0. The van der Waals surface area contributed by atoms with Gasteiger partial charge in [-0.3, -0.25) is 4.79 Å². The Morgan fingerprint density at radius 3 is 2.85 bits per heavy atom. The minimum absolute atomic E-state index is 0.0532. The van der Waals surface area contributed by atoms with E-state index in [0.717, 1.165) is 34.1 Å². The van der Waals surface area contributed by atoms with Crippen molar-refractivity contribution < 1.29 is 9.53 Å². The highest BCUT2D eigenvalue weighted by Gasteiger charge is 2.21. The summed E-state index contributed by atoms with van der Waals surface area (Å²) in [7, 11) is 0. The predicted octanol–water partition coefficient (Wildman–Crippen LogP) is 4.22. The molecule has 0 aliphatic carbocycles. The van der Waals surface area contributed by atoms with Crippen molar-refractivity contribution in [3.63, 3.8) is 0 Å². The molecule has 1 fully saturated rings. The molecule has 1 aliphatic heterocycles. The molecule has 1 saturated heterocycles. The molecule has 1 unspecified atom stereocenters. The molecule has 1 aliphatic rings. The number of piperidine rings is 1. The largest absolute Gasteiger partial charge is 0.484 e. The quantitative estimate of drug-likeness (QED) is 0.763. The van der Waals surface area contributed by atoms with Gasteiger partial charge in [0.05, 0.1) is 0 Å². The van der Waals surface area contributed by atoms with Crippen LogP contribution in [0.1, 0.15) is 26.7 Å². The average Bonchev–Trinajstić information content (AvgIpc) is 2.64. The number of rotatable bonds is 6. The van der Waals surface area contributed by atoms with Crippen LogP contribution in [-0.4, -0.2) is 43.1 Å². The summed E-state index contributed by atoms with van der Waals surface area (Å²) in [5.74, 6) is 1.20. The van der Waals surface area contributed by atoms with Crippen molar-refractivity contribution >= 4 is 32.6 Å². The van der Waals surface area contributed by atoms with E-state index in [-0.39, 0.29) is 12.5 Å². The van der Waals surface area contributed by atoms with Crippen LogP contribution >= 0.6 is 15.9 Å². The fourth-order valence-corrected chi connectivity index (χ4v) is 3.85. The van der Waals surface area contributed by atoms with E-state index in [1.807, 2.05) is 30.3 Å². The molecular formula is C21H27BrN2O2. The first-order chi connectivity index (χ1) is 12.5. The lowest BCUT2D eigenvalue weighted by molar-refractivity contribution is -0.123. The normalized spacial score (nSPS) is 18.2. The van der Waals surface area contributed by atoms with E-state index in [4.69, 9.17) is 4.74 Å². The Hall–Kier alpha value is -1.59. The second kappa shape index (κ2) is 8.87. The molecule has 0 saturated carbocycles. The lowest BCUT2D eigenvalue weighted by atomic mass is 9.97. The Balaban J connectivity index is 1.46. The van der Waals surface area contributed by atoms with Crippen molar-refractivity contribution in [3.05, 3.63) is 40.9 Å². The number of fused-ring (bicyclic) bond motifs is 1. The molecule has 1 N–H and O–H groups in total. The van der Waals surface area contributed by atoms with Gasteiger partial charge in [-0.25, -0.2) is 0 Å². The van der Waals surface area contributed by atoms with Gasteiger partial charge in [0.1, 0.15) is 5.75 Å². The molecule has 0 radical (unpaired) electrons. The third kappa shape index (κ3) is 5.21. The van der Waals surface area contributed by atoms with Gasteiger partial charge in [-0.1, -0.05) is 28.1 Å². The van der Waals surface area contributed by atoms with Crippen LogP contribution < -0.4 is 10.1 Å². The molecule has 0 spiro atoms. The van der Waals surface area contributed by atoms with Crippen molar-refractivity contribution in [1.29, 1.82) is 0 Å². The fraction of sp³-hybridized carbons (Fsp3) is 0.476. The summed E-state index contributed by atoms with van der Waals surface area (Å²) >= 11 is 3.47. The van der Waals surface area contributed by atoms with E-state index < -0.39 is 0 Å². The zero-order chi connectivity index (χ0) is 18.5. The van der Waals surface area contributed by atoms with Crippen LogP contribution in [0, 0.1) is 5.92 Å². The molecule has 3 rings (SSSR count). The molecule has 1 heterocycles. The van der Waals surface area contributed by atoms with Crippen molar-refractivity contribution in [1.82, 2.24) is 10.2 Å². The second-order valence-electron chi connectivity index (χ2n) is 7.34. The number of hydrogen-bond acceptors (Lipinski definition) is 3. The van der Waals surface area contributed by atoms with E-state index in [1.54, 1.807) is 0 Å². The maximum absolute atomic E-state index is 12.1. The summed E-state index contributed by atoms with van der Waals surface area (Å²) in [4.78, 5) is 14.6. The van der Waals surface area contributed by atoms with Crippen molar-refractivity contribution in [3.8, 4) is 5.75 Å². The number of amides is 1. The van der Waals surface area contributed by atoms with E-state index >= 15 is 0 Å². The minimum Gasteiger partial charge on any atom is -0.484 e. The molecule has 26 heavy (non-hydrogen) atoms. The van der Waals surface area contributed by atoms with Gasteiger partial charge >= 0.3 is 0 Å². The van der Waals surface area contributed by atoms with Crippen LogP contribution in [-0.2, 0) is 4.79 Å². The lowest BCUT2D eigenvalue weighted by Gasteiger charge is -2.35. The minimum atomic E-state index is -0.0532. The first-order valence-corrected chi connectivity index (χ1v) is 10.1. The van der Waals surface area contributed by atoms with Gasteiger partial charge in [0, 0.05) is 23.6 Å². The number of benzene rings is 2. The van der Waals surface area contributed by atoms with E-state index in [9.17, 15) is 4.79 Å². The number of hydrogen-bond donors (Lipinski definition) is 1. The molecule has 1 atom stereocenters. The van der Waals surface area contributed by atoms with Gasteiger partial charge in [0.2, 0.25) is 0 Å². The maximum Gasteiger partial charge on any atom is 0.257 e. The first kappa shape index (κ1) is 19.2. The highest BCUT2D eigenvalue weighted by atomic mass is 79.9. The Morgan fingerprint density at radius 2 is 2.04 bits per heavy atom. The molecule has 140 valence electrons. The standard InChI is InChI=1S/C21H27BrN2O2/c1-15(2)24-9-3-4-16(13-24)12-23-21(25)14-26-20-8-6-17-10-19(22)7-5-18(17)11-20/h5-8,10-11,15-16H,3-4,9,12-14H2,1-2H3,(H,23,25). The van der Waals surface area contributed by atoms with Crippen LogP contribution in [0.2, 0.25) is 0 Å². The smallest absolute Gasteiger partial charge is 0.257 e. The number of halogens is 1. The zero-order valence-corrected chi connectivity index (χ0v) is 17.1. The van der Waals surface area contributed by atoms with Gasteiger partial charge < -0.3 is 15.0 Å². The predicted molar refractivity (Wildman–Crippen MR) is 110 cm³/mol. The summed E-state index contributed by atoms with van der Waals surface area (Å²) in [6.45, 7) is 7.50. The molecule has 0 aromatic heterocycles. The average molecular weight is 419 g/mol. The number of nitrogens with one attached hydrogen (secondary N) is 1. The van der Waals surface area contributed by atoms with E-state index in [2.05, 4.69) is 46.1 Å². The van der Waals surface area contributed by atoms with Crippen LogP contribution in [0.3, 0.4) is 0 Å². The monoisotopic (exact) mass is 418 g/mol. The topological polar surface area (TPSA) is 41.6 Å². The van der Waals surface area contributed by atoms with Crippen molar-refractivity contribution in [2.75, 3.05) is 26.2 Å². The summed E-state index contributed by atoms with van der Waals surface area (Å²) < 4.78 is 6.72. The van der Waals surface area contributed by atoms with Gasteiger partial charge in [-0.05, 0) is 74.2 Å². The van der Waals surface area contributed by atoms with Crippen molar-refractivity contribution in [2.24, 2.45) is 5.92 Å². The molecule has 5 heteroatoms. The number of ether oxygens (including phenoxy) is 1. The number of nitrogens with zero attached hydrogens (tertiary/aromatic N) is 1. The van der Waals surface area contributed by atoms with Gasteiger partial charge in [-0.2, -0.15) is 0 Å². The molecular weight excluding hydrogens is 392 g/mol. The Labute approximate surface area is 164 Å². The zero-order valence-electron chi connectivity index (χ0n) is 15.5. The lowest BCUT2D eigenvalue weighted by Crippen LogP contribution is -2.44. The molecule has 1 amide bonds. The van der Waals surface area contributed by atoms with Gasteiger partial charge in [0.15, 0.2) is 6.61 Å². The number of likely N-dealkylation sites (tertiary alicyclic amines) is 1. The molecule has 2 aromatic rings. The van der Waals surface area contributed by atoms with Crippen LogP contribution in [0.25, 0.3) is 10.8 Å². The molecule has 4 nitrogen and oxygen atoms in total. The highest BCUT2D eigenvalue weighted by Crippen LogP contribution is 2.24. The second-order valence-corrected chi connectivity index (χ2v) is 8.26. The van der Waals surface area contributed by atoms with Crippen molar-refractivity contribution in [2.45, 2.75) is 32.7 Å². The van der Waals surface area contributed by atoms with E-state index in [1.165, 1.54) is 19.4 Å². The Bertz CT molecular complexity index is 763. The third-order valence-corrected chi connectivity index (χ3v) is 5.51. The fourth-order valence-electron chi connectivity index (χ4n) is 3.48. The van der Waals surface area contributed by atoms with Gasteiger partial charge in [-0.15, -0.1) is 0 Å². The maximum atomic E-state index is 12.1. The number of carbonyl (C=O) groups excluding carboxylic acids is 1. The summed E-state index contributed by atoms with van der Waals surface area (Å²) in [5, 5.41) is 5.27.